The molecule has 5 nitrogen and oxygen atoms in total. The van der Waals surface area contributed by atoms with Crippen molar-refractivity contribution in [1.29, 1.82) is 0 Å². The summed E-state index contributed by atoms with van der Waals surface area (Å²) in [6.45, 7) is 9.96. The Morgan fingerprint density at radius 2 is 1.58 bits per heavy atom. The van der Waals surface area contributed by atoms with Crippen molar-refractivity contribution in [3.8, 4) is 5.75 Å². The lowest BCUT2D eigenvalue weighted by atomic mass is 10.2. The lowest BCUT2D eigenvalue weighted by Crippen LogP contribution is -2.67. The molecule has 0 aliphatic heterocycles. The highest BCUT2D eigenvalue weighted by Gasteiger charge is 2.50. The first-order valence-corrected chi connectivity index (χ1v) is 15.4. The van der Waals surface area contributed by atoms with Crippen LogP contribution in [0.15, 0.2) is 84.9 Å². The smallest absolute Gasteiger partial charge is 0.352 e. The fourth-order valence-electron chi connectivity index (χ4n) is 5.57. The molecular weight excluding hydrogens is 490 g/mol. The molecule has 1 aliphatic rings. The van der Waals surface area contributed by atoms with Crippen molar-refractivity contribution in [3.63, 3.8) is 0 Å². The molecule has 0 amide bonds. The van der Waals surface area contributed by atoms with Crippen molar-refractivity contribution in [2.24, 2.45) is 5.92 Å². The maximum Gasteiger partial charge on any atom is 0.352 e. The molecule has 0 radical (unpaired) electrons. The summed E-state index contributed by atoms with van der Waals surface area (Å²) in [6, 6.07) is 28.8. The van der Waals surface area contributed by atoms with Gasteiger partial charge in [-0.15, -0.1) is 0 Å². The van der Waals surface area contributed by atoms with Crippen molar-refractivity contribution < 1.29 is 19.1 Å². The molecule has 1 saturated carbocycles. The number of carboxylic acids is 1. The highest BCUT2D eigenvalue weighted by Crippen LogP contribution is 2.38. The van der Waals surface area contributed by atoms with Gasteiger partial charge < -0.3 is 18.8 Å². The molecule has 1 N–H and O–H groups in total. The lowest BCUT2D eigenvalue weighted by molar-refractivity contribution is 0.0685. The number of aromatic carboxylic acids is 1. The number of carbonyl (C=O) groups is 1. The first kappa shape index (κ1) is 26.3. The van der Waals surface area contributed by atoms with Gasteiger partial charge in [0.1, 0.15) is 17.5 Å². The zero-order valence-corrected chi connectivity index (χ0v) is 23.7. The van der Waals surface area contributed by atoms with Crippen LogP contribution in [0.4, 0.5) is 0 Å². The zero-order chi connectivity index (χ0) is 26.9. The molecular formula is C32H37NO4Si. The third kappa shape index (κ3) is 5.03. The summed E-state index contributed by atoms with van der Waals surface area (Å²) < 4.78 is 15.5. The van der Waals surface area contributed by atoms with Gasteiger partial charge in [0, 0.05) is 11.9 Å². The number of rotatable bonds is 10. The average Bonchev–Trinajstić information content (AvgIpc) is 3.63. The third-order valence-electron chi connectivity index (χ3n) is 7.52. The standard InChI is InChI=1S/C32H37NO4Si/c1-23(37-29-17-11-12-25-20-28(31(34)35)33(30(25)29)21-24-18-19-24)22-36-38(32(2,3)4,26-13-7-5-8-14-26)27-15-9-6-10-16-27/h5-17,20,23-24H,18-19,21-22H2,1-4H3,(H,34,35)/t23-/m1/s1. The van der Waals surface area contributed by atoms with Crippen LogP contribution >= 0.6 is 0 Å². The highest BCUT2D eigenvalue weighted by molar-refractivity contribution is 6.99. The van der Waals surface area contributed by atoms with Crippen LogP contribution < -0.4 is 15.1 Å². The maximum absolute atomic E-state index is 12.0. The van der Waals surface area contributed by atoms with E-state index < -0.39 is 14.3 Å². The van der Waals surface area contributed by atoms with Gasteiger partial charge in [-0.25, -0.2) is 4.79 Å². The maximum atomic E-state index is 12.0. The van der Waals surface area contributed by atoms with Crippen molar-refractivity contribution in [2.45, 2.75) is 58.2 Å². The number of ether oxygens (including phenoxy) is 1. The summed E-state index contributed by atoms with van der Waals surface area (Å²) in [5.41, 5.74) is 1.17. The molecule has 0 bridgehead atoms. The fourth-order valence-corrected chi connectivity index (χ4v) is 10.2. The van der Waals surface area contributed by atoms with Crippen LogP contribution in [0.25, 0.3) is 10.9 Å². The molecule has 0 saturated heterocycles. The molecule has 1 heterocycles. The molecule has 198 valence electrons. The van der Waals surface area contributed by atoms with Crippen LogP contribution in [-0.4, -0.2) is 36.7 Å². The number of para-hydroxylation sites is 1. The fraction of sp³-hybridized carbons (Fsp3) is 0.344. The number of nitrogens with zero attached hydrogens (tertiary/aromatic N) is 1. The van der Waals surface area contributed by atoms with Crippen molar-refractivity contribution in [3.05, 3.63) is 90.6 Å². The Bertz CT molecular complexity index is 1360. The van der Waals surface area contributed by atoms with E-state index in [1.165, 1.54) is 10.4 Å². The topological polar surface area (TPSA) is 60.7 Å². The SMILES string of the molecule is C[C@H](CO[Si](c1ccccc1)(c1ccccc1)C(C)(C)C)Oc1cccc2cc(C(=O)O)n(CC3CC3)c12. The van der Waals surface area contributed by atoms with Crippen LogP contribution in [0.3, 0.4) is 0 Å². The Morgan fingerprint density at radius 3 is 2.11 bits per heavy atom. The molecule has 38 heavy (non-hydrogen) atoms. The Morgan fingerprint density at radius 1 is 0.974 bits per heavy atom. The molecule has 5 rings (SSSR count). The number of hydrogen-bond acceptors (Lipinski definition) is 3. The number of hydrogen-bond donors (Lipinski definition) is 1. The second-order valence-electron chi connectivity index (χ2n) is 11.5. The Hall–Kier alpha value is -3.35. The molecule has 1 aliphatic carbocycles. The van der Waals surface area contributed by atoms with Gasteiger partial charge in [0.25, 0.3) is 8.32 Å². The molecule has 0 unspecified atom stereocenters. The van der Waals surface area contributed by atoms with Crippen molar-refractivity contribution in [1.82, 2.24) is 4.57 Å². The minimum Gasteiger partial charge on any atom is -0.486 e. The molecule has 1 fully saturated rings. The monoisotopic (exact) mass is 527 g/mol. The van der Waals surface area contributed by atoms with Gasteiger partial charge in [0.05, 0.1) is 12.1 Å². The van der Waals surface area contributed by atoms with E-state index in [4.69, 9.17) is 9.16 Å². The first-order valence-electron chi connectivity index (χ1n) is 13.5. The summed E-state index contributed by atoms with van der Waals surface area (Å²) in [5.74, 6) is 0.331. The molecule has 4 aromatic rings. The van der Waals surface area contributed by atoms with Crippen LogP contribution in [0.1, 0.15) is 51.0 Å². The van der Waals surface area contributed by atoms with Gasteiger partial charge in [-0.3, -0.25) is 0 Å². The van der Waals surface area contributed by atoms with Gasteiger partial charge in [-0.1, -0.05) is 93.6 Å². The predicted molar refractivity (Wildman–Crippen MR) is 155 cm³/mol. The van der Waals surface area contributed by atoms with Crippen LogP contribution in [0, 0.1) is 5.92 Å². The quantitative estimate of drug-likeness (QED) is 0.254. The van der Waals surface area contributed by atoms with Crippen molar-refractivity contribution in [2.75, 3.05) is 6.61 Å². The van der Waals surface area contributed by atoms with Gasteiger partial charge in [-0.2, -0.15) is 0 Å². The lowest BCUT2D eigenvalue weighted by Gasteiger charge is -2.43. The number of carboxylic acid groups (broad SMARTS) is 1. The van der Waals surface area contributed by atoms with Gasteiger partial charge in [-0.05, 0) is 53.2 Å². The van der Waals surface area contributed by atoms with Crippen LogP contribution in [-0.2, 0) is 11.0 Å². The van der Waals surface area contributed by atoms with E-state index in [1.54, 1.807) is 6.07 Å². The number of aromatic nitrogens is 1. The van der Waals surface area contributed by atoms with Crippen molar-refractivity contribution >= 4 is 35.6 Å². The second-order valence-corrected chi connectivity index (χ2v) is 15.8. The molecule has 1 atom stereocenters. The molecule has 1 aromatic heterocycles. The second kappa shape index (κ2) is 10.4. The summed E-state index contributed by atoms with van der Waals surface area (Å²) >= 11 is 0. The van der Waals surface area contributed by atoms with E-state index >= 15 is 0 Å². The summed E-state index contributed by atoms with van der Waals surface area (Å²) in [7, 11) is -2.68. The zero-order valence-electron chi connectivity index (χ0n) is 22.7. The minimum atomic E-state index is -2.68. The Balaban J connectivity index is 1.47. The molecule has 3 aromatic carbocycles. The summed E-state index contributed by atoms with van der Waals surface area (Å²) in [6.07, 6.45) is 2.05. The van der Waals surface area contributed by atoms with E-state index in [0.717, 1.165) is 23.7 Å². The molecule has 6 heteroatoms. The van der Waals surface area contributed by atoms with Gasteiger partial charge in [0.15, 0.2) is 0 Å². The van der Waals surface area contributed by atoms with E-state index in [9.17, 15) is 9.90 Å². The van der Waals surface area contributed by atoms with E-state index in [0.29, 0.717) is 30.5 Å². The Kier molecular flexibility index (Phi) is 7.21. The van der Waals surface area contributed by atoms with Gasteiger partial charge in [0.2, 0.25) is 0 Å². The minimum absolute atomic E-state index is 0.120. The predicted octanol–water partition coefficient (Wildman–Crippen LogP) is 6.09. The van der Waals surface area contributed by atoms with E-state index in [-0.39, 0.29) is 11.1 Å². The highest BCUT2D eigenvalue weighted by atomic mass is 28.4. The largest absolute Gasteiger partial charge is 0.486 e. The molecule has 0 spiro atoms. The van der Waals surface area contributed by atoms with Crippen LogP contribution in [0.2, 0.25) is 5.04 Å². The Labute approximate surface area is 226 Å². The number of benzene rings is 3. The average molecular weight is 528 g/mol. The summed E-state index contributed by atoms with van der Waals surface area (Å²) in [5, 5.41) is 13.1. The normalized spacial score (nSPS) is 14.9. The van der Waals surface area contributed by atoms with Crippen LogP contribution in [0.5, 0.6) is 5.75 Å². The van der Waals surface area contributed by atoms with Gasteiger partial charge >= 0.3 is 5.97 Å². The number of fused-ring (bicyclic) bond motifs is 1. The third-order valence-corrected chi connectivity index (χ3v) is 12.5. The first-order chi connectivity index (χ1) is 18.2. The van der Waals surface area contributed by atoms with E-state index in [1.807, 2.05) is 41.8 Å². The van der Waals surface area contributed by atoms with E-state index in [2.05, 4.69) is 69.3 Å². The summed E-state index contributed by atoms with van der Waals surface area (Å²) in [4.78, 5) is 12.0.